The zero-order valence-electron chi connectivity index (χ0n) is 15.5. The van der Waals surface area contributed by atoms with Crippen LogP contribution < -0.4 is 5.32 Å². The second-order valence-corrected chi connectivity index (χ2v) is 6.00. The number of rotatable bonds is 11. The van der Waals surface area contributed by atoms with Crippen LogP contribution in [0.4, 0.5) is 0 Å². The van der Waals surface area contributed by atoms with Gasteiger partial charge in [0.2, 0.25) is 5.91 Å². The molecule has 0 saturated carbocycles. The number of hydrogen-bond donors (Lipinski definition) is 1. The molecule has 1 amide bonds. The maximum Gasteiger partial charge on any atom is 0.326 e. The number of aryl methyl sites for hydroxylation is 1. The van der Waals surface area contributed by atoms with Gasteiger partial charge in [0, 0.05) is 20.1 Å². The Morgan fingerprint density at radius 3 is 2.77 bits per heavy atom. The van der Waals surface area contributed by atoms with Gasteiger partial charge in [-0.1, -0.05) is 18.6 Å². The molecular formula is C19H27N3O4. The Balaban J connectivity index is 1.89. The fraction of sp³-hybridized carbons (Fsp3) is 0.526. The molecule has 1 heterocycles. The fourth-order valence-corrected chi connectivity index (χ4v) is 2.82. The molecule has 7 nitrogen and oxygen atoms in total. The molecule has 1 N–H and O–H groups in total. The number of fused-ring (bicyclic) bond motifs is 1. The molecule has 26 heavy (non-hydrogen) atoms. The second kappa shape index (κ2) is 10.6. The monoisotopic (exact) mass is 361 g/mol. The Bertz CT molecular complexity index is 727. The van der Waals surface area contributed by atoms with Crippen molar-refractivity contribution in [1.82, 2.24) is 14.9 Å². The summed E-state index contributed by atoms with van der Waals surface area (Å²) in [6, 6.07) is 7.80. The molecule has 0 fully saturated rings. The van der Waals surface area contributed by atoms with Crippen LogP contribution in [0.2, 0.25) is 0 Å². The van der Waals surface area contributed by atoms with Crippen molar-refractivity contribution in [3.05, 3.63) is 30.1 Å². The maximum absolute atomic E-state index is 11.9. The Morgan fingerprint density at radius 2 is 2.00 bits per heavy atom. The van der Waals surface area contributed by atoms with Crippen LogP contribution in [0.5, 0.6) is 0 Å². The van der Waals surface area contributed by atoms with E-state index in [0.29, 0.717) is 13.2 Å². The van der Waals surface area contributed by atoms with Crippen molar-refractivity contribution in [3.8, 4) is 0 Å². The Labute approximate surface area is 153 Å². The Morgan fingerprint density at radius 1 is 1.19 bits per heavy atom. The van der Waals surface area contributed by atoms with Gasteiger partial charge >= 0.3 is 5.97 Å². The summed E-state index contributed by atoms with van der Waals surface area (Å²) in [5, 5.41) is 2.81. The van der Waals surface area contributed by atoms with Gasteiger partial charge in [0.15, 0.2) is 0 Å². The van der Waals surface area contributed by atoms with Crippen molar-refractivity contribution in [3.63, 3.8) is 0 Å². The van der Waals surface area contributed by atoms with E-state index in [2.05, 4.69) is 10.3 Å². The first-order valence-electron chi connectivity index (χ1n) is 9.01. The standard InChI is InChI=1S/C19H27N3O4/c1-3-26-19(24)13-22-16-10-7-6-9-15(16)21-17(22)11-5-4-8-12-20-18(23)14-25-2/h6-7,9-10H,3-5,8,11-14H2,1-2H3,(H,20,23). The summed E-state index contributed by atoms with van der Waals surface area (Å²) < 4.78 is 11.8. The normalized spacial score (nSPS) is 10.8. The summed E-state index contributed by atoms with van der Waals surface area (Å²) in [4.78, 5) is 27.9. The molecule has 0 saturated heterocycles. The number of unbranched alkanes of at least 4 members (excludes halogenated alkanes) is 2. The van der Waals surface area contributed by atoms with Crippen molar-refractivity contribution in [2.45, 2.75) is 39.2 Å². The minimum atomic E-state index is -0.252. The van der Waals surface area contributed by atoms with Crippen LogP contribution in [-0.2, 0) is 32.0 Å². The summed E-state index contributed by atoms with van der Waals surface area (Å²) in [6.45, 7) is 3.09. The smallest absolute Gasteiger partial charge is 0.326 e. The van der Waals surface area contributed by atoms with Crippen molar-refractivity contribution in [2.24, 2.45) is 0 Å². The van der Waals surface area contributed by atoms with Crippen LogP contribution in [0.1, 0.15) is 32.0 Å². The van der Waals surface area contributed by atoms with Gasteiger partial charge in [-0.15, -0.1) is 0 Å². The molecule has 2 aromatic rings. The van der Waals surface area contributed by atoms with E-state index in [0.717, 1.165) is 42.5 Å². The minimum Gasteiger partial charge on any atom is -0.465 e. The van der Waals surface area contributed by atoms with Crippen LogP contribution in [0.25, 0.3) is 11.0 Å². The molecule has 142 valence electrons. The summed E-state index contributed by atoms with van der Waals surface area (Å²) in [5.74, 6) is 0.546. The van der Waals surface area contributed by atoms with E-state index in [1.165, 1.54) is 7.11 Å². The highest BCUT2D eigenvalue weighted by Crippen LogP contribution is 2.18. The number of benzene rings is 1. The summed E-state index contributed by atoms with van der Waals surface area (Å²) in [6.07, 6.45) is 3.58. The lowest BCUT2D eigenvalue weighted by atomic mass is 10.2. The lowest BCUT2D eigenvalue weighted by Gasteiger charge is -2.09. The van der Waals surface area contributed by atoms with E-state index < -0.39 is 0 Å². The SMILES string of the molecule is CCOC(=O)Cn1c(CCCCCNC(=O)COC)nc2ccccc21. The average Bonchev–Trinajstić information content (AvgIpc) is 2.96. The molecular weight excluding hydrogens is 334 g/mol. The molecule has 0 aliphatic carbocycles. The Hall–Kier alpha value is -2.41. The zero-order valence-corrected chi connectivity index (χ0v) is 15.5. The lowest BCUT2D eigenvalue weighted by molar-refractivity contribution is -0.143. The van der Waals surface area contributed by atoms with Crippen LogP contribution in [0.15, 0.2) is 24.3 Å². The maximum atomic E-state index is 11.9. The topological polar surface area (TPSA) is 82.5 Å². The van der Waals surface area contributed by atoms with Crippen molar-refractivity contribution < 1.29 is 19.1 Å². The fourth-order valence-electron chi connectivity index (χ4n) is 2.82. The predicted octanol–water partition coefficient (Wildman–Crippen LogP) is 2.07. The molecule has 7 heteroatoms. The molecule has 0 atom stereocenters. The number of amides is 1. The van der Waals surface area contributed by atoms with E-state index in [4.69, 9.17) is 9.47 Å². The van der Waals surface area contributed by atoms with Crippen molar-refractivity contribution in [1.29, 1.82) is 0 Å². The first-order chi connectivity index (χ1) is 12.7. The van der Waals surface area contributed by atoms with Crippen molar-refractivity contribution >= 4 is 22.9 Å². The number of para-hydroxylation sites is 2. The number of ether oxygens (including phenoxy) is 2. The molecule has 2 rings (SSSR count). The van der Waals surface area contributed by atoms with Gasteiger partial charge in [-0.05, 0) is 31.9 Å². The van der Waals surface area contributed by atoms with Crippen molar-refractivity contribution in [2.75, 3.05) is 26.9 Å². The molecule has 0 bridgehead atoms. The second-order valence-electron chi connectivity index (χ2n) is 6.00. The van der Waals surface area contributed by atoms with Gasteiger partial charge < -0.3 is 19.4 Å². The number of nitrogens with zero attached hydrogens (tertiary/aromatic N) is 2. The highest BCUT2D eigenvalue weighted by atomic mass is 16.5. The third-order valence-electron chi connectivity index (χ3n) is 4.00. The number of methoxy groups -OCH3 is 1. The van der Waals surface area contributed by atoms with Gasteiger partial charge in [0.05, 0.1) is 17.6 Å². The minimum absolute atomic E-state index is 0.0938. The highest BCUT2D eigenvalue weighted by Gasteiger charge is 2.13. The quantitative estimate of drug-likeness (QED) is 0.489. The highest BCUT2D eigenvalue weighted by molar-refractivity contribution is 5.79. The third-order valence-corrected chi connectivity index (χ3v) is 4.00. The molecule has 1 aromatic heterocycles. The molecule has 0 radical (unpaired) electrons. The largest absolute Gasteiger partial charge is 0.465 e. The first kappa shape index (κ1) is 19.9. The molecule has 0 aliphatic heterocycles. The van der Waals surface area contributed by atoms with Gasteiger partial charge in [-0.25, -0.2) is 4.98 Å². The molecule has 1 aromatic carbocycles. The molecule has 0 unspecified atom stereocenters. The summed E-state index contributed by atoms with van der Waals surface area (Å²) in [5.41, 5.74) is 1.83. The van der Waals surface area contributed by atoms with E-state index in [1.54, 1.807) is 6.92 Å². The van der Waals surface area contributed by atoms with E-state index in [9.17, 15) is 9.59 Å². The van der Waals surface area contributed by atoms with Gasteiger partial charge in [-0.2, -0.15) is 0 Å². The van der Waals surface area contributed by atoms with E-state index in [-0.39, 0.29) is 25.0 Å². The molecule has 0 spiro atoms. The Kier molecular flexibility index (Phi) is 8.08. The van der Waals surface area contributed by atoms with Gasteiger partial charge in [0.1, 0.15) is 19.0 Å². The summed E-state index contributed by atoms with van der Waals surface area (Å²) >= 11 is 0. The summed E-state index contributed by atoms with van der Waals surface area (Å²) in [7, 11) is 1.50. The average molecular weight is 361 g/mol. The van der Waals surface area contributed by atoms with Gasteiger partial charge in [-0.3, -0.25) is 9.59 Å². The number of esters is 1. The first-order valence-corrected chi connectivity index (χ1v) is 9.01. The number of nitrogens with one attached hydrogen (secondary N) is 1. The number of imidazole rings is 1. The number of carbonyl (C=O) groups is 2. The van der Waals surface area contributed by atoms with Crippen LogP contribution in [-0.4, -0.2) is 48.3 Å². The van der Waals surface area contributed by atoms with E-state index in [1.807, 2.05) is 28.8 Å². The zero-order chi connectivity index (χ0) is 18.8. The number of aromatic nitrogens is 2. The number of carbonyl (C=O) groups excluding carboxylic acids is 2. The van der Waals surface area contributed by atoms with Gasteiger partial charge in [0.25, 0.3) is 0 Å². The van der Waals surface area contributed by atoms with Crippen LogP contribution in [0.3, 0.4) is 0 Å². The van der Waals surface area contributed by atoms with Crippen LogP contribution >= 0.6 is 0 Å². The van der Waals surface area contributed by atoms with Crippen LogP contribution in [0, 0.1) is 0 Å². The predicted molar refractivity (Wildman–Crippen MR) is 98.8 cm³/mol. The molecule has 0 aliphatic rings. The van der Waals surface area contributed by atoms with E-state index >= 15 is 0 Å². The third kappa shape index (κ3) is 5.84. The number of hydrogen-bond acceptors (Lipinski definition) is 5. The lowest BCUT2D eigenvalue weighted by Crippen LogP contribution is -2.27.